The van der Waals surface area contributed by atoms with Gasteiger partial charge in [-0.1, -0.05) is 6.07 Å². The van der Waals surface area contributed by atoms with Gasteiger partial charge in [-0.25, -0.2) is 9.83 Å². The first kappa shape index (κ1) is 42.3. The summed E-state index contributed by atoms with van der Waals surface area (Å²) in [4.78, 5) is 83.6. The highest BCUT2D eigenvalue weighted by molar-refractivity contribution is 6.23. The van der Waals surface area contributed by atoms with Gasteiger partial charge in [-0.05, 0) is 74.1 Å². The van der Waals surface area contributed by atoms with Crippen LogP contribution in [0.4, 0.5) is 41.7 Å². The van der Waals surface area contributed by atoms with Crippen LogP contribution < -0.4 is 25.3 Å². The van der Waals surface area contributed by atoms with Gasteiger partial charge in [-0.3, -0.25) is 34.2 Å². The summed E-state index contributed by atoms with van der Waals surface area (Å²) in [5.41, 5.74) is 1.53. The Morgan fingerprint density at radius 3 is 2.05 bits per heavy atom. The maximum atomic E-state index is 13.5. The maximum Gasteiger partial charge on any atom is 0.407 e. The fourth-order valence-corrected chi connectivity index (χ4v) is 9.97. The first-order valence-corrected chi connectivity index (χ1v) is 21.7. The molecule has 0 aliphatic carbocycles. The van der Waals surface area contributed by atoms with Crippen molar-refractivity contribution in [1.82, 2.24) is 25.0 Å². The molecule has 63 heavy (non-hydrogen) atoms. The lowest BCUT2D eigenvalue weighted by Crippen LogP contribution is -2.55. The number of benzene rings is 2. The lowest BCUT2D eigenvalue weighted by molar-refractivity contribution is -0.137. The molecule has 5 saturated heterocycles. The number of nitrogens with one attached hydrogen (secondary N) is 2. The van der Waals surface area contributed by atoms with Gasteiger partial charge in [0.1, 0.15) is 11.9 Å². The van der Waals surface area contributed by atoms with Gasteiger partial charge in [0.25, 0.3) is 11.8 Å². The number of piperidine rings is 2. The Morgan fingerprint density at radius 1 is 0.746 bits per heavy atom. The summed E-state index contributed by atoms with van der Waals surface area (Å²) in [6.45, 7) is 17.6. The minimum absolute atomic E-state index is 0.0858. The predicted octanol–water partition coefficient (Wildman–Crippen LogP) is 4.49. The number of piperazine rings is 1. The Labute approximate surface area is 363 Å². The van der Waals surface area contributed by atoms with E-state index in [0.29, 0.717) is 60.4 Å². The van der Waals surface area contributed by atoms with Crippen molar-refractivity contribution in [1.29, 1.82) is 0 Å². The topological polar surface area (TPSA) is 146 Å². The SMILES string of the molecule is [C-]#[N+]c1ccc(N2CCC(C(=O)Nc3ccc(N4CC(CN5CCN(C[C@@H]6CCN(c7ccc8c(c7)C(=O)N(C7CCC(=O)NC7=O)C8=O)C6)CC5)C4)cn3)CC2)cc1C(F)(F)F. The summed E-state index contributed by atoms with van der Waals surface area (Å²) < 4.78 is 40.4. The molecule has 18 heteroatoms. The first-order chi connectivity index (χ1) is 30.3. The highest BCUT2D eigenvalue weighted by atomic mass is 19.4. The molecule has 3 aromatic rings. The molecule has 15 nitrogen and oxygen atoms in total. The molecule has 0 bridgehead atoms. The number of halogens is 3. The van der Waals surface area contributed by atoms with Crippen LogP contribution in [0, 0.1) is 24.3 Å². The zero-order valence-electron chi connectivity index (χ0n) is 34.8. The number of fused-ring (bicyclic) bond motifs is 1. The minimum atomic E-state index is -4.62. The summed E-state index contributed by atoms with van der Waals surface area (Å²) >= 11 is 0. The van der Waals surface area contributed by atoms with Crippen molar-refractivity contribution in [3.63, 3.8) is 0 Å². The van der Waals surface area contributed by atoms with Crippen molar-refractivity contribution < 1.29 is 37.1 Å². The molecule has 0 spiro atoms. The van der Waals surface area contributed by atoms with E-state index in [-0.39, 0.29) is 24.7 Å². The van der Waals surface area contributed by atoms with E-state index in [4.69, 9.17) is 6.57 Å². The van der Waals surface area contributed by atoms with Crippen LogP contribution in [0.5, 0.6) is 0 Å². The molecule has 9 rings (SSSR count). The number of rotatable bonds is 10. The summed E-state index contributed by atoms with van der Waals surface area (Å²) in [5, 5.41) is 5.15. The molecule has 6 aliphatic rings. The van der Waals surface area contributed by atoms with E-state index in [2.05, 4.69) is 40.1 Å². The molecule has 2 atom stereocenters. The number of pyridine rings is 1. The number of anilines is 4. The van der Waals surface area contributed by atoms with Crippen LogP contribution in [0.25, 0.3) is 4.85 Å². The summed E-state index contributed by atoms with van der Waals surface area (Å²) in [5.74, 6) is -0.922. The molecule has 330 valence electrons. The maximum absolute atomic E-state index is 13.5. The van der Waals surface area contributed by atoms with Crippen molar-refractivity contribution in [3.8, 4) is 0 Å². The number of nitrogens with zero attached hydrogens (tertiary/aromatic N) is 8. The van der Waals surface area contributed by atoms with Gasteiger partial charge in [0, 0.05) is 108 Å². The predicted molar refractivity (Wildman–Crippen MR) is 228 cm³/mol. The van der Waals surface area contributed by atoms with Gasteiger partial charge in [0.05, 0.1) is 35.1 Å². The quantitative estimate of drug-likeness (QED) is 0.220. The molecule has 2 N–H and O–H groups in total. The molecule has 0 radical (unpaired) electrons. The molecule has 1 unspecified atom stereocenters. The largest absolute Gasteiger partial charge is 0.407 e. The number of alkyl halides is 3. The normalized spacial score (nSPS) is 22.9. The standard InChI is InChI=1S/C45H49F3N10O5/c1-49-37-6-3-32(21-36(37)45(46,47)48)55-14-11-30(12-15-55)41(60)51-39-8-4-33(22-50-39)57-26-29(27-57)24-54-18-16-53(17-19-54)23-28-10-13-56(25-28)31-2-5-34-35(20-31)44(63)58(43(34)62)38-7-9-40(59)52-42(38)61/h2-6,8,20-22,28-30,38H,7,9-19,23-27H2,(H,50,51,60)(H,52,59,61)/t28-,38?/m0/s1. The van der Waals surface area contributed by atoms with E-state index >= 15 is 0 Å². The Hall–Kier alpha value is -6.06. The molecule has 0 saturated carbocycles. The zero-order valence-corrected chi connectivity index (χ0v) is 34.8. The molecule has 5 fully saturated rings. The second kappa shape index (κ2) is 17.2. The highest BCUT2D eigenvalue weighted by Gasteiger charge is 2.45. The third kappa shape index (κ3) is 8.81. The molecular weight excluding hydrogens is 818 g/mol. The number of imide groups is 2. The van der Waals surface area contributed by atoms with Crippen LogP contribution in [0.3, 0.4) is 0 Å². The smallest absolute Gasteiger partial charge is 0.372 e. The fraction of sp³-hybridized carbons (Fsp3) is 0.489. The van der Waals surface area contributed by atoms with Gasteiger partial charge >= 0.3 is 6.18 Å². The van der Waals surface area contributed by atoms with Crippen LogP contribution in [-0.2, 0) is 20.6 Å². The zero-order chi connectivity index (χ0) is 44.0. The van der Waals surface area contributed by atoms with Gasteiger partial charge in [-0.15, -0.1) is 0 Å². The number of aromatic nitrogens is 1. The van der Waals surface area contributed by atoms with Crippen LogP contribution in [0.15, 0.2) is 54.7 Å². The Kier molecular flexibility index (Phi) is 11.6. The number of carbonyl (C=O) groups excluding carboxylic acids is 5. The van der Waals surface area contributed by atoms with E-state index < -0.39 is 47.1 Å². The second-order valence-electron chi connectivity index (χ2n) is 17.6. The van der Waals surface area contributed by atoms with E-state index in [1.807, 2.05) is 23.1 Å². The van der Waals surface area contributed by atoms with Crippen molar-refractivity contribution >= 4 is 58.1 Å². The van der Waals surface area contributed by atoms with E-state index in [1.165, 1.54) is 12.1 Å². The number of carbonyl (C=O) groups is 5. The summed E-state index contributed by atoms with van der Waals surface area (Å²) in [7, 11) is 0. The summed E-state index contributed by atoms with van der Waals surface area (Å²) in [6.07, 6.45) is -0.600. The molecule has 6 aliphatic heterocycles. The fourth-order valence-electron chi connectivity index (χ4n) is 9.97. The van der Waals surface area contributed by atoms with Crippen LogP contribution >= 0.6 is 0 Å². The second-order valence-corrected chi connectivity index (χ2v) is 17.6. The van der Waals surface area contributed by atoms with E-state index in [1.54, 1.807) is 18.3 Å². The van der Waals surface area contributed by atoms with Gasteiger partial charge in [-0.2, -0.15) is 13.2 Å². The van der Waals surface area contributed by atoms with Crippen molar-refractivity contribution in [2.45, 2.75) is 44.3 Å². The molecular formula is C45H49F3N10O5. The Balaban J connectivity index is 0.673. The number of amides is 5. The van der Waals surface area contributed by atoms with Crippen LogP contribution in [0.1, 0.15) is 58.4 Å². The molecule has 2 aromatic carbocycles. The lowest BCUT2D eigenvalue weighted by Gasteiger charge is -2.44. The third-order valence-corrected chi connectivity index (χ3v) is 13.5. The lowest BCUT2D eigenvalue weighted by atomic mass is 9.95. The Bertz CT molecular complexity index is 2330. The van der Waals surface area contributed by atoms with Crippen LogP contribution in [0.2, 0.25) is 0 Å². The van der Waals surface area contributed by atoms with Gasteiger partial charge in [0.2, 0.25) is 17.7 Å². The van der Waals surface area contributed by atoms with E-state index in [9.17, 15) is 37.1 Å². The monoisotopic (exact) mass is 866 g/mol. The number of hydrogen-bond acceptors (Lipinski definition) is 11. The van der Waals surface area contributed by atoms with Crippen molar-refractivity contribution in [3.05, 3.63) is 82.8 Å². The molecule has 1 aromatic heterocycles. The van der Waals surface area contributed by atoms with E-state index in [0.717, 1.165) is 94.2 Å². The van der Waals surface area contributed by atoms with Crippen molar-refractivity contribution in [2.24, 2.45) is 17.8 Å². The highest BCUT2D eigenvalue weighted by Crippen LogP contribution is 2.40. The average Bonchev–Trinajstić information content (AvgIpc) is 3.83. The molecule has 5 amide bonds. The van der Waals surface area contributed by atoms with Crippen molar-refractivity contribution in [2.75, 3.05) is 98.6 Å². The number of hydrogen-bond donors (Lipinski definition) is 2. The summed E-state index contributed by atoms with van der Waals surface area (Å²) in [6, 6.07) is 11.9. The average molecular weight is 867 g/mol. The minimum Gasteiger partial charge on any atom is -0.372 e. The third-order valence-electron chi connectivity index (χ3n) is 13.5. The van der Waals surface area contributed by atoms with Gasteiger partial charge < -0.3 is 29.8 Å². The van der Waals surface area contributed by atoms with Gasteiger partial charge in [0.15, 0.2) is 5.69 Å². The first-order valence-electron chi connectivity index (χ1n) is 21.7. The molecule has 7 heterocycles. The van der Waals surface area contributed by atoms with Crippen LogP contribution in [-0.4, -0.2) is 134 Å². The Morgan fingerprint density at radius 2 is 1.38 bits per heavy atom.